The minimum Gasteiger partial charge on any atom is -0.497 e. The second-order valence-electron chi connectivity index (χ2n) is 6.86. The van der Waals surface area contributed by atoms with Gasteiger partial charge < -0.3 is 14.4 Å². The molecular formula is C24H23NO3. The van der Waals surface area contributed by atoms with Gasteiger partial charge in [-0.1, -0.05) is 60.7 Å². The number of rotatable bonds is 4. The molecule has 1 amide bonds. The van der Waals surface area contributed by atoms with Crippen molar-refractivity contribution in [1.82, 2.24) is 4.90 Å². The zero-order valence-electron chi connectivity index (χ0n) is 15.9. The van der Waals surface area contributed by atoms with E-state index in [4.69, 9.17) is 9.47 Å². The first-order chi connectivity index (χ1) is 13.7. The van der Waals surface area contributed by atoms with E-state index >= 15 is 0 Å². The van der Waals surface area contributed by atoms with Gasteiger partial charge in [-0.25, -0.2) is 4.79 Å². The molecular weight excluding hydrogens is 350 g/mol. The summed E-state index contributed by atoms with van der Waals surface area (Å²) in [5.41, 5.74) is 3.45. The molecule has 4 heteroatoms. The zero-order valence-corrected chi connectivity index (χ0v) is 15.9. The van der Waals surface area contributed by atoms with Crippen LogP contribution in [0.25, 0.3) is 16.3 Å². The van der Waals surface area contributed by atoms with Gasteiger partial charge >= 0.3 is 6.09 Å². The molecule has 28 heavy (non-hydrogen) atoms. The van der Waals surface area contributed by atoms with Crippen LogP contribution in [0.5, 0.6) is 5.75 Å². The molecule has 1 aliphatic rings. The highest BCUT2D eigenvalue weighted by molar-refractivity contribution is 5.95. The van der Waals surface area contributed by atoms with Crippen LogP contribution >= 0.6 is 0 Å². The Balaban J connectivity index is 1.47. The maximum absolute atomic E-state index is 12.4. The normalized spacial score (nSPS) is 13.9. The smallest absolute Gasteiger partial charge is 0.410 e. The van der Waals surface area contributed by atoms with E-state index in [0.717, 1.165) is 17.7 Å². The first kappa shape index (κ1) is 18.1. The highest BCUT2D eigenvalue weighted by Crippen LogP contribution is 2.31. The predicted octanol–water partition coefficient (Wildman–Crippen LogP) is 5.27. The summed E-state index contributed by atoms with van der Waals surface area (Å²) in [7, 11) is 1.68. The van der Waals surface area contributed by atoms with E-state index in [1.165, 1.54) is 21.9 Å². The number of carbonyl (C=O) groups is 1. The van der Waals surface area contributed by atoms with Crippen LogP contribution in [0.3, 0.4) is 0 Å². The highest BCUT2D eigenvalue weighted by Gasteiger charge is 2.20. The van der Waals surface area contributed by atoms with Gasteiger partial charge in [0, 0.05) is 13.1 Å². The Morgan fingerprint density at radius 3 is 2.64 bits per heavy atom. The van der Waals surface area contributed by atoms with Crippen LogP contribution in [0.1, 0.15) is 17.5 Å². The van der Waals surface area contributed by atoms with Gasteiger partial charge in [0.05, 0.1) is 7.11 Å². The van der Waals surface area contributed by atoms with Crippen LogP contribution in [0.4, 0.5) is 4.79 Å². The molecule has 0 radical (unpaired) electrons. The van der Waals surface area contributed by atoms with Crippen molar-refractivity contribution in [1.29, 1.82) is 0 Å². The van der Waals surface area contributed by atoms with Crippen LogP contribution in [0.2, 0.25) is 0 Å². The van der Waals surface area contributed by atoms with Crippen molar-refractivity contribution >= 4 is 22.4 Å². The predicted molar refractivity (Wildman–Crippen MR) is 111 cm³/mol. The molecule has 0 aliphatic carbocycles. The quantitative estimate of drug-likeness (QED) is 0.625. The van der Waals surface area contributed by atoms with Crippen LogP contribution in [-0.2, 0) is 11.3 Å². The van der Waals surface area contributed by atoms with Crippen molar-refractivity contribution < 1.29 is 14.3 Å². The highest BCUT2D eigenvalue weighted by atomic mass is 16.6. The topological polar surface area (TPSA) is 38.8 Å². The molecule has 0 N–H and O–H groups in total. The molecule has 0 fully saturated rings. The molecule has 0 bridgehead atoms. The fourth-order valence-electron chi connectivity index (χ4n) is 3.55. The fourth-order valence-corrected chi connectivity index (χ4v) is 3.55. The molecule has 4 nitrogen and oxygen atoms in total. The Kier molecular flexibility index (Phi) is 5.29. The lowest BCUT2D eigenvalue weighted by atomic mass is 9.94. The molecule has 1 heterocycles. The average Bonchev–Trinajstić information content (AvgIpc) is 2.77. The monoisotopic (exact) mass is 373 g/mol. The number of carbonyl (C=O) groups excluding carboxylic acids is 1. The lowest BCUT2D eigenvalue weighted by molar-refractivity contribution is 0.0998. The summed E-state index contributed by atoms with van der Waals surface area (Å²) in [6.07, 6.45) is 2.66. The van der Waals surface area contributed by atoms with Crippen molar-refractivity contribution in [3.05, 3.63) is 83.9 Å². The number of amides is 1. The zero-order chi connectivity index (χ0) is 19.3. The molecule has 0 spiro atoms. The van der Waals surface area contributed by atoms with Crippen LogP contribution in [0.15, 0.2) is 72.8 Å². The number of nitrogens with zero attached hydrogens (tertiary/aromatic N) is 1. The van der Waals surface area contributed by atoms with E-state index in [2.05, 4.69) is 36.4 Å². The Morgan fingerprint density at radius 2 is 1.89 bits per heavy atom. The molecule has 0 unspecified atom stereocenters. The average molecular weight is 373 g/mol. The molecule has 4 rings (SSSR count). The van der Waals surface area contributed by atoms with E-state index in [0.29, 0.717) is 19.7 Å². The standard InChI is InChI=1S/C24H23NO3/c1-27-21-11-10-19-8-5-9-22(23(19)16-21)20-12-14-25(15-13-20)24(26)28-17-18-6-3-2-4-7-18/h2-12,16H,13-15,17H2,1H3. The van der Waals surface area contributed by atoms with Crippen LogP contribution in [0, 0.1) is 0 Å². The molecule has 1 aliphatic heterocycles. The Labute approximate surface area is 165 Å². The summed E-state index contributed by atoms with van der Waals surface area (Å²) >= 11 is 0. The van der Waals surface area contributed by atoms with Crippen molar-refractivity contribution in [2.24, 2.45) is 0 Å². The maximum Gasteiger partial charge on any atom is 0.410 e. The molecule has 0 saturated heterocycles. The molecule has 0 atom stereocenters. The van der Waals surface area contributed by atoms with Gasteiger partial charge in [-0.2, -0.15) is 0 Å². The van der Waals surface area contributed by atoms with Crippen molar-refractivity contribution in [2.45, 2.75) is 13.0 Å². The van der Waals surface area contributed by atoms with E-state index in [1.807, 2.05) is 36.4 Å². The molecule has 0 saturated carbocycles. The van der Waals surface area contributed by atoms with Gasteiger partial charge in [0.1, 0.15) is 12.4 Å². The summed E-state index contributed by atoms with van der Waals surface area (Å²) < 4.78 is 10.8. The van der Waals surface area contributed by atoms with E-state index in [9.17, 15) is 4.79 Å². The minimum absolute atomic E-state index is 0.265. The number of methoxy groups -OCH3 is 1. The van der Waals surface area contributed by atoms with Crippen LogP contribution < -0.4 is 4.74 Å². The first-order valence-electron chi connectivity index (χ1n) is 9.46. The molecule has 3 aromatic rings. The van der Waals surface area contributed by atoms with Gasteiger partial charge in [-0.05, 0) is 46.0 Å². The third-order valence-corrected chi connectivity index (χ3v) is 5.11. The second kappa shape index (κ2) is 8.17. The number of ether oxygens (including phenoxy) is 2. The minimum atomic E-state index is -0.265. The van der Waals surface area contributed by atoms with Gasteiger partial charge in [0.2, 0.25) is 0 Å². The van der Waals surface area contributed by atoms with Crippen molar-refractivity contribution in [2.75, 3.05) is 20.2 Å². The van der Waals surface area contributed by atoms with Gasteiger partial charge in [-0.3, -0.25) is 0 Å². The summed E-state index contributed by atoms with van der Waals surface area (Å²) in [4.78, 5) is 14.1. The molecule has 0 aromatic heterocycles. The summed E-state index contributed by atoms with van der Waals surface area (Å²) in [6, 6.07) is 22.2. The number of hydrogen-bond acceptors (Lipinski definition) is 3. The third kappa shape index (κ3) is 3.86. The first-order valence-corrected chi connectivity index (χ1v) is 9.46. The second-order valence-corrected chi connectivity index (χ2v) is 6.86. The number of hydrogen-bond donors (Lipinski definition) is 0. The number of benzene rings is 3. The number of fused-ring (bicyclic) bond motifs is 1. The molecule has 3 aromatic carbocycles. The van der Waals surface area contributed by atoms with Gasteiger partial charge in [0.15, 0.2) is 0 Å². The van der Waals surface area contributed by atoms with Gasteiger partial charge in [0.25, 0.3) is 0 Å². The largest absolute Gasteiger partial charge is 0.497 e. The third-order valence-electron chi connectivity index (χ3n) is 5.11. The van der Waals surface area contributed by atoms with E-state index in [-0.39, 0.29) is 6.09 Å². The summed E-state index contributed by atoms with van der Waals surface area (Å²) in [5, 5.41) is 2.36. The van der Waals surface area contributed by atoms with Crippen molar-refractivity contribution in [3.8, 4) is 5.75 Å². The van der Waals surface area contributed by atoms with Crippen LogP contribution in [-0.4, -0.2) is 31.2 Å². The Hall–Kier alpha value is -3.27. The molecule has 142 valence electrons. The SMILES string of the molecule is COc1ccc2cccc(C3=CCN(C(=O)OCc4ccccc4)CC3)c2c1. The van der Waals surface area contributed by atoms with Crippen molar-refractivity contribution in [3.63, 3.8) is 0 Å². The maximum atomic E-state index is 12.4. The van der Waals surface area contributed by atoms with Gasteiger partial charge in [-0.15, -0.1) is 0 Å². The Morgan fingerprint density at radius 1 is 1.04 bits per heavy atom. The Bertz CT molecular complexity index is 1010. The lowest BCUT2D eigenvalue weighted by Crippen LogP contribution is -2.35. The summed E-state index contributed by atoms with van der Waals surface area (Å²) in [6.45, 7) is 1.51. The van der Waals surface area contributed by atoms with E-state index in [1.54, 1.807) is 12.0 Å². The summed E-state index contributed by atoms with van der Waals surface area (Å²) in [5.74, 6) is 0.850. The van der Waals surface area contributed by atoms with E-state index < -0.39 is 0 Å². The fraction of sp³-hybridized carbons (Fsp3) is 0.208. The lowest BCUT2D eigenvalue weighted by Gasteiger charge is -2.26.